The molecule has 2 amide bonds. The third-order valence-corrected chi connectivity index (χ3v) is 8.77. The molecule has 4 aliphatic rings. The van der Waals surface area contributed by atoms with Gasteiger partial charge in [-0.3, -0.25) is 9.59 Å². The molecule has 6 heteroatoms. The summed E-state index contributed by atoms with van der Waals surface area (Å²) in [5.41, 5.74) is 1.73. The Bertz CT molecular complexity index is 846. The van der Waals surface area contributed by atoms with E-state index in [0.717, 1.165) is 62.2 Å². The minimum Gasteiger partial charge on any atom is -0.392 e. The van der Waals surface area contributed by atoms with Crippen molar-refractivity contribution < 1.29 is 14.7 Å². The fourth-order valence-electron chi connectivity index (χ4n) is 6.33. The molecule has 2 saturated carbocycles. The minimum absolute atomic E-state index is 0.0404. The number of hydrogen-bond acceptors (Lipinski definition) is 3. The largest absolute Gasteiger partial charge is 0.392 e. The summed E-state index contributed by atoms with van der Waals surface area (Å²) >= 11 is 5.92. The average molecular weight is 475 g/mol. The number of rotatable bonds is 3. The second-order valence-corrected chi connectivity index (χ2v) is 11.1. The van der Waals surface area contributed by atoms with Crippen molar-refractivity contribution in [2.75, 3.05) is 20.1 Å². The number of likely N-dealkylation sites (tertiary alicyclic amines) is 1. The number of fused-ring (bicyclic) bond motifs is 1. The Hall–Kier alpha value is -1.59. The zero-order chi connectivity index (χ0) is 23.4. The van der Waals surface area contributed by atoms with Crippen LogP contribution in [0, 0.1) is 11.3 Å². The smallest absolute Gasteiger partial charge is 0.254 e. The van der Waals surface area contributed by atoms with Gasteiger partial charge in [0.15, 0.2) is 0 Å². The highest BCUT2D eigenvalue weighted by atomic mass is 35.5. The predicted molar refractivity (Wildman–Crippen MR) is 131 cm³/mol. The van der Waals surface area contributed by atoms with Gasteiger partial charge < -0.3 is 14.9 Å². The lowest BCUT2D eigenvalue weighted by Gasteiger charge is -2.44. The first-order chi connectivity index (χ1) is 15.9. The Morgan fingerprint density at radius 2 is 1.85 bits per heavy atom. The summed E-state index contributed by atoms with van der Waals surface area (Å²) < 4.78 is 0. The Labute approximate surface area is 203 Å². The van der Waals surface area contributed by atoms with Crippen molar-refractivity contribution in [1.29, 1.82) is 0 Å². The van der Waals surface area contributed by atoms with Crippen molar-refractivity contribution >= 4 is 23.4 Å². The second kappa shape index (κ2) is 10.8. The van der Waals surface area contributed by atoms with Crippen molar-refractivity contribution in [3.63, 3.8) is 0 Å². The van der Waals surface area contributed by atoms with Crippen molar-refractivity contribution in [2.45, 2.75) is 89.7 Å². The van der Waals surface area contributed by atoms with E-state index in [1.165, 1.54) is 44.9 Å². The molecule has 0 bridgehead atoms. The molecule has 0 radical (unpaired) electrons. The van der Waals surface area contributed by atoms with E-state index < -0.39 is 0 Å². The van der Waals surface area contributed by atoms with Gasteiger partial charge in [0.25, 0.3) is 5.91 Å². The highest BCUT2D eigenvalue weighted by Gasteiger charge is 2.45. The molecule has 33 heavy (non-hydrogen) atoms. The quantitative estimate of drug-likeness (QED) is 0.635. The van der Waals surface area contributed by atoms with Gasteiger partial charge in [0.1, 0.15) is 0 Å². The zero-order valence-electron chi connectivity index (χ0n) is 20.0. The maximum Gasteiger partial charge on any atom is 0.254 e. The van der Waals surface area contributed by atoms with Gasteiger partial charge in [0.2, 0.25) is 5.91 Å². The topological polar surface area (TPSA) is 60.9 Å². The van der Waals surface area contributed by atoms with E-state index in [4.69, 9.17) is 11.6 Å². The van der Waals surface area contributed by atoms with Crippen molar-refractivity contribution in [2.24, 2.45) is 11.3 Å². The molecule has 1 aromatic carbocycles. The van der Waals surface area contributed by atoms with E-state index in [1.807, 2.05) is 12.1 Å². The predicted octanol–water partition coefficient (Wildman–Crippen LogP) is 5.43. The van der Waals surface area contributed by atoms with Crippen LogP contribution >= 0.6 is 11.6 Å². The highest BCUT2D eigenvalue weighted by molar-refractivity contribution is 6.32. The standard InChI is InChI=1S/C18H31NO2.C9H8ClNO/c20-16-10-13-19(14-18(16)11-4-5-12-18)17(21)9-8-15-6-2-1-3-7-15;1-11-5-7-6(9(11)12)3-2-4-8(7)10/h15-16,20H,1-14H2;2-4H,5H2,1H3. The van der Waals surface area contributed by atoms with Crippen LogP contribution in [0.3, 0.4) is 0 Å². The summed E-state index contributed by atoms with van der Waals surface area (Å²) in [5, 5.41) is 11.0. The Morgan fingerprint density at radius 1 is 1.12 bits per heavy atom. The van der Waals surface area contributed by atoms with Crippen molar-refractivity contribution in [3.8, 4) is 0 Å². The van der Waals surface area contributed by atoms with Gasteiger partial charge in [-0.2, -0.15) is 0 Å². The van der Waals surface area contributed by atoms with Gasteiger partial charge in [0.05, 0.1) is 6.10 Å². The van der Waals surface area contributed by atoms with Crippen LogP contribution in [0.1, 0.15) is 93.0 Å². The molecule has 5 nitrogen and oxygen atoms in total. The molecule has 5 rings (SSSR count). The lowest BCUT2D eigenvalue weighted by Crippen LogP contribution is -2.52. The number of piperidine rings is 1. The first kappa shape index (κ1) is 24.5. The second-order valence-electron chi connectivity index (χ2n) is 10.7. The van der Waals surface area contributed by atoms with Gasteiger partial charge >= 0.3 is 0 Å². The molecule has 0 aromatic heterocycles. The molecule has 1 atom stereocenters. The van der Waals surface area contributed by atoms with Crippen LogP contribution in [0.2, 0.25) is 5.02 Å². The van der Waals surface area contributed by atoms with Crippen LogP contribution in [0.4, 0.5) is 0 Å². The number of nitrogens with zero attached hydrogens (tertiary/aromatic N) is 2. The first-order valence-electron chi connectivity index (χ1n) is 12.9. The summed E-state index contributed by atoms with van der Waals surface area (Å²) in [7, 11) is 1.78. The van der Waals surface area contributed by atoms with Crippen LogP contribution in [0.25, 0.3) is 0 Å². The molecule has 1 spiro atoms. The van der Waals surface area contributed by atoms with Crippen LogP contribution in [-0.2, 0) is 11.3 Å². The van der Waals surface area contributed by atoms with Crippen LogP contribution in [0.5, 0.6) is 0 Å². The summed E-state index contributed by atoms with van der Waals surface area (Å²) in [4.78, 5) is 27.7. The fraction of sp³-hybridized carbons (Fsp3) is 0.704. The summed E-state index contributed by atoms with van der Waals surface area (Å²) in [6, 6.07) is 5.43. The van der Waals surface area contributed by atoms with E-state index in [1.54, 1.807) is 18.0 Å². The summed E-state index contributed by atoms with van der Waals surface area (Å²) in [5.74, 6) is 1.20. The molecular weight excluding hydrogens is 436 g/mol. The number of aliphatic hydroxyl groups is 1. The lowest BCUT2D eigenvalue weighted by atomic mass is 9.76. The third kappa shape index (κ3) is 5.57. The molecule has 1 unspecified atom stereocenters. The minimum atomic E-state index is -0.178. The summed E-state index contributed by atoms with van der Waals surface area (Å²) in [6.45, 7) is 2.22. The number of halogens is 1. The molecule has 1 aromatic rings. The fourth-order valence-corrected chi connectivity index (χ4v) is 6.56. The monoisotopic (exact) mass is 474 g/mol. The van der Waals surface area contributed by atoms with Gasteiger partial charge in [-0.15, -0.1) is 0 Å². The Balaban J connectivity index is 0.000000183. The number of carbonyl (C=O) groups is 2. The molecule has 182 valence electrons. The molecule has 1 N–H and O–H groups in total. The number of carbonyl (C=O) groups excluding carboxylic acids is 2. The highest BCUT2D eigenvalue weighted by Crippen LogP contribution is 2.45. The van der Waals surface area contributed by atoms with Crippen molar-refractivity contribution in [1.82, 2.24) is 9.80 Å². The lowest BCUT2D eigenvalue weighted by molar-refractivity contribution is -0.139. The van der Waals surface area contributed by atoms with Crippen LogP contribution < -0.4 is 0 Å². The number of aliphatic hydroxyl groups excluding tert-OH is 1. The maximum atomic E-state index is 12.5. The number of amides is 2. The molecule has 2 aliphatic heterocycles. The third-order valence-electron chi connectivity index (χ3n) is 8.42. The van der Waals surface area contributed by atoms with E-state index in [9.17, 15) is 14.7 Å². The summed E-state index contributed by atoms with van der Waals surface area (Å²) in [6.07, 6.45) is 13.9. The SMILES string of the molecule is CN1Cc2c(Cl)cccc2C1=O.O=C(CCC1CCCCC1)N1CCC(O)C2(CCCC2)C1. The van der Waals surface area contributed by atoms with Crippen LogP contribution in [-0.4, -0.2) is 53.0 Å². The van der Waals surface area contributed by atoms with E-state index in [0.29, 0.717) is 17.5 Å². The normalized spacial score (nSPS) is 24.6. The first-order valence-corrected chi connectivity index (χ1v) is 13.3. The van der Waals surface area contributed by atoms with Gasteiger partial charge in [-0.05, 0) is 43.7 Å². The molecular formula is C27H39ClN2O3. The average Bonchev–Trinajstić information content (AvgIpc) is 3.41. The van der Waals surface area contributed by atoms with Crippen molar-refractivity contribution in [3.05, 3.63) is 34.3 Å². The number of hydrogen-bond donors (Lipinski definition) is 1. The zero-order valence-corrected chi connectivity index (χ0v) is 20.8. The van der Waals surface area contributed by atoms with Gasteiger partial charge in [-0.1, -0.05) is 62.6 Å². The van der Waals surface area contributed by atoms with E-state index in [-0.39, 0.29) is 17.4 Å². The van der Waals surface area contributed by atoms with E-state index in [2.05, 4.69) is 4.90 Å². The van der Waals surface area contributed by atoms with Gasteiger partial charge in [-0.25, -0.2) is 0 Å². The molecule has 3 fully saturated rings. The van der Waals surface area contributed by atoms with E-state index >= 15 is 0 Å². The van der Waals surface area contributed by atoms with Crippen LogP contribution in [0.15, 0.2) is 18.2 Å². The molecule has 2 aliphatic carbocycles. The molecule has 2 heterocycles. The Kier molecular flexibility index (Phi) is 8.01. The van der Waals surface area contributed by atoms with Gasteiger partial charge in [0, 0.05) is 54.7 Å². The molecule has 1 saturated heterocycles. The number of benzene rings is 1. The maximum absolute atomic E-state index is 12.5. The Morgan fingerprint density at radius 3 is 2.55 bits per heavy atom.